The number of amides is 1. The number of nitro benzene ring substituents is 1. The van der Waals surface area contributed by atoms with Gasteiger partial charge in [-0.2, -0.15) is 11.3 Å². The van der Waals surface area contributed by atoms with Gasteiger partial charge in [0.2, 0.25) is 5.75 Å². The van der Waals surface area contributed by atoms with Crippen molar-refractivity contribution in [2.45, 2.75) is 6.04 Å². The van der Waals surface area contributed by atoms with Gasteiger partial charge in [0.15, 0.2) is 11.5 Å². The molecule has 1 amide bonds. The Balaban J connectivity index is 1.76. The Bertz CT molecular complexity index is 1100. The number of hydrogen-bond donors (Lipinski definition) is 1. The number of hydrogen-bond acceptors (Lipinski definition) is 7. The number of likely N-dealkylation sites (N-methyl/N-ethyl adjacent to an activating group) is 1. The lowest BCUT2D eigenvalue weighted by Crippen LogP contribution is -2.34. The third-order valence-corrected chi connectivity index (χ3v) is 5.71. The summed E-state index contributed by atoms with van der Waals surface area (Å²) >= 11 is 7.46. The van der Waals surface area contributed by atoms with E-state index in [9.17, 15) is 14.9 Å². The molecule has 0 aliphatic carbocycles. The van der Waals surface area contributed by atoms with Gasteiger partial charge in [-0.15, -0.1) is 0 Å². The van der Waals surface area contributed by atoms with Crippen LogP contribution in [0, 0.1) is 10.1 Å². The van der Waals surface area contributed by atoms with E-state index in [2.05, 4.69) is 10.7 Å². The summed E-state index contributed by atoms with van der Waals surface area (Å²) in [5, 5.41) is 18.5. The molecule has 3 aromatic rings. The van der Waals surface area contributed by atoms with E-state index < -0.39 is 4.92 Å². The molecule has 0 saturated carbocycles. The van der Waals surface area contributed by atoms with Crippen LogP contribution in [0.3, 0.4) is 0 Å². The molecule has 0 fully saturated rings. The van der Waals surface area contributed by atoms with E-state index in [1.54, 1.807) is 17.4 Å². The van der Waals surface area contributed by atoms with Crippen molar-refractivity contribution >= 4 is 34.5 Å². The van der Waals surface area contributed by atoms with E-state index in [0.717, 1.165) is 5.56 Å². The van der Waals surface area contributed by atoms with Gasteiger partial charge in [-0.05, 0) is 66.8 Å². The first kappa shape index (κ1) is 23.5. The van der Waals surface area contributed by atoms with Crippen LogP contribution in [-0.4, -0.2) is 43.5 Å². The first-order valence-corrected chi connectivity index (χ1v) is 10.9. The molecule has 0 saturated heterocycles. The van der Waals surface area contributed by atoms with E-state index in [1.165, 1.54) is 37.4 Å². The highest BCUT2D eigenvalue weighted by Gasteiger charge is 2.20. The number of rotatable bonds is 9. The molecule has 10 heteroatoms. The molecule has 2 aromatic carbocycles. The van der Waals surface area contributed by atoms with Gasteiger partial charge in [0.1, 0.15) is 0 Å². The average Bonchev–Trinajstić information content (AvgIpc) is 3.29. The Morgan fingerprint density at radius 2 is 1.94 bits per heavy atom. The summed E-state index contributed by atoms with van der Waals surface area (Å²) in [6.45, 7) is 0.431. The molecule has 8 nitrogen and oxygen atoms in total. The van der Waals surface area contributed by atoms with Crippen LogP contribution in [0.25, 0.3) is 0 Å². The van der Waals surface area contributed by atoms with E-state index in [1.807, 2.05) is 30.4 Å². The molecule has 0 spiro atoms. The monoisotopic (exact) mass is 475 g/mol. The predicted octanol–water partition coefficient (Wildman–Crippen LogP) is 5.14. The molecule has 0 aliphatic heterocycles. The number of methoxy groups -OCH3 is 1. The van der Waals surface area contributed by atoms with E-state index in [0.29, 0.717) is 12.1 Å². The predicted molar refractivity (Wildman–Crippen MR) is 124 cm³/mol. The molecule has 1 unspecified atom stereocenters. The zero-order valence-electron chi connectivity index (χ0n) is 17.7. The Morgan fingerprint density at radius 1 is 1.19 bits per heavy atom. The molecular weight excluding hydrogens is 454 g/mol. The molecule has 168 valence electrons. The van der Waals surface area contributed by atoms with Crippen LogP contribution in [-0.2, 0) is 0 Å². The topological polar surface area (TPSA) is 93.9 Å². The Labute approximate surface area is 194 Å². The largest absolute Gasteiger partial charge is 0.493 e. The Kier molecular flexibility index (Phi) is 7.68. The molecule has 1 heterocycles. The van der Waals surface area contributed by atoms with Crippen molar-refractivity contribution in [2.24, 2.45) is 0 Å². The summed E-state index contributed by atoms with van der Waals surface area (Å²) in [6, 6.07) is 10.8. The van der Waals surface area contributed by atoms with Gasteiger partial charge >= 0.3 is 5.69 Å². The second-order valence-corrected chi connectivity index (χ2v) is 8.30. The fourth-order valence-electron chi connectivity index (χ4n) is 3.09. The molecule has 0 aliphatic rings. The minimum atomic E-state index is -0.579. The molecular formula is C22H22ClN3O5S. The summed E-state index contributed by atoms with van der Waals surface area (Å²) in [7, 11) is 5.35. The summed E-state index contributed by atoms with van der Waals surface area (Å²) < 4.78 is 11.0. The third-order valence-electron chi connectivity index (χ3n) is 4.77. The number of halogens is 1. The first-order chi connectivity index (χ1) is 15.3. The smallest absolute Gasteiger partial charge is 0.313 e. The summed E-state index contributed by atoms with van der Waals surface area (Å²) in [4.78, 5) is 25.5. The van der Waals surface area contributed by atoms with Crippen molar-refractivity contribution in [3.63, 3.8) is 0 Å². The number of nitro groups is 1. The number of carbonyl (C=O) groups excluding carboxylic acids is 1. The fraction of sp³-hybridized carbons (Fsp3) is 0.227. The lowest BCUT2D eigenvalue weighted by Gasteiger charge is -2.24. The first-order valence-electron chi connectivity index (χ1n) is 9.56. The molecule has 0 radical (unpaired) electrons. The normalized spacial score (nSPS) is 11.8. The maximum atomic E-state index is 12.7. The lowest BCUT2D eigenvalue weighted by molar-refractivity contribution is -0.385. The minimum absolute atomic E-state index is 0.0134. The molecule has 0 bridgehead atoms. The van der Waals surface area contributed by atoms with Crippen LogP contribution in [0.15, 0.2) is 53.2 Å². The SMILES string of the molecule is COc1cc(C(=O)NCC(c2ccsc2)N(C)C)ccc1Oc1ccc(Cl)cc1[N+](=O)[O-]. The summed E-state index contributed by atoms with van der Waals surface area (Å²) in [5.74, 6) is 0.247. The molecule has 1 aromatic heterocycles. The van der Waals surface area contributed by atoms with Crippen LogP contribution in [0.1, 0.15) is 22.0 Å². The van der Waals surface area contributed by atoms with Gasteiger partial charge < -0.3 is 19.7 Å². The van der Waals surface area contributed by atoms with E-state index >= 15 is 0 Å². The van der Waals surface area contributed by atoms with Crippen LogP contribution in [0.2, 0.25) is 5.02 Å². The van der Waals surface area contributed by atoms with Crippen LogP contribution in [0.5, 0.6) is 17.2 Å². The Hall–Kier alpha value is -3.14. The summed E-state index contributed by atoms with van der Waals surface area (Å²) in [5.41, 5.74) is 1.23. The van der Waals surface area contributed by atoms with Crippen LogP contribution in [0.4, 0.5) is 5.69 Å². The third kappa shape index (κ3) is 5.56. The number of carbonyl (C=O) groups is 1. The molecule has 32 heavy (non-hydrogen) atoms. The lowest BCUT2D eigenvalue weighted by atomic mass is 10.1. The minimum Gasteiger partial charge on any atom is -0.493 e. The molecule has 1 N–H and O–H groups in total. The van der Waals surface area contributed by atoms with Crippen molar-refractivity contribution in [1.29, 1.82) is 0 Å². The highest BCUT2D eigenvalue weighted by molar-refractivity contribution is 7.08. The Morgan fingerprint density at radius 3 is 2.56 bits per heavy atom. The van der Waals surface area contributed by atoms with Crippen molar-refractivity contribution in [3.05, 3.63) is 79.5 Å². The average molecular weight is 476 g/mol. The van der Waals surface area contributed by atoms with Gasteiger partial charge in [-0.25, -0.2) is 0 Å². The zero-order chi connectivity index (χ0) is 23.3. The van der Waals surface area contributed by atoms with E-state index in [4.69, 9.17) is 21.1 Å². The summed E-state index contributed by atoms with van der Waals surface area (Å²) in [6.07, 6.45) is 0. The maximum Gasteiger partial charge on any atom is 0.313 e. The molecule has 1 atom stereocenters. The van der Waals surface area contributed by atoms with Gasteiger partial charge in [-0.3, -0.25) is 14.9 Å². The standard InChI is InChI=1S/C22H22ClN3O5S/c1-25(2)18(15-8-9-32-13-15)12-24-22(27)14-4-6-20(21(10-14)30-3)31-19-7-5-16(23)11-17(19)26(28)29/h4-11,13,18H,12H2,1-3H3,(H,24,27). The quantitative estimate of drug-likeness (QED) is 0.340. The number of nitrogens with zero attached hydrogens (tertiary/aromatic N) is 2. The second-order valence-electron chi connectivity index (χ2n) is 7.08. The van der Waals surface area contributed by atoms with E-state index in [-0.39, 0.29) is 39.9 Å². The fourth-order valence-corrected chi connectivity index (χ4v) is 3.96. The van der Waals surface area contributed by atoms with Crippen LogP contribution >= 0.6 is 22.9 Å². The van der Waals surface area contributed by atoms with Crippen molar-refractivity contribution < 1.29 is 19.2 Å². The van der Waals surface area contributed by atoms with Gasteiger partial charge in [0, 0.05) is 23.2 Å². The number of ether oxygens (including phenoxy) is 2. The van der Waals surface area contributed by atoms with Crippen molar-refractivity contribution in [1.82, 2.24) is 10.2 Å². The highest BCUT2D eigenvalue weighted by atomic mass is 35.5. The van der Waals surface area contributed by atoms with Crippen LogP contribution < -0.4 is 14.8 Å². The number of nitrogens with one attached hydrogen (secondary N) is 1. The highest BCUT2D eigenvalue weighted by Crippen LogP contribution is 2.38. The molecule has 3 rings (SSSR count). The zero-order valence-corrected chi connectivity index (χ0v) is 19.3. The number of benzene rings is 2. The van der Waals surface area contributed by atoms with Gasteiger partial charge in [0.25, 0.3) is 5.91 Å². The maximum absolute atomic E-state index is 12.7. The van der Waals surface area contributed by atoms with Crippen molar-refractivity contribution in [3.8, 4) is 17.2 Å². The van der Waals surface area contributed by atoms with Gasteiger partial charge in [0.05, 0.1) is 18.1 Å². The second kappa shape index (κ2) is 10.4. The number of thiophene rings is 1. The van der Waals surface area contributed by atoms with Gasteiger partial charge in [-0.1, -0.05) is 11.6 Å². The van der Waals surface area contributed by atoms with Crippen molar-refractivity contribution in [2.75, 3.05) is 27.7 Å².